The summed E-state index contributed by atoms with van der Waals surface area (Å²) in [6.45, 7) is 6.08. The lowest BCUT2D eigenvalue weighted by molar-refractivity contribution is -0.121. The average Bonchev–Trinajstić information content (AvgIpc) is 3.12. The number of anilines is 2. The predicted octanol–water partition coefficient (Wildman–Crippen LogP) is 4.92. The van der Waals surface area contributed by atoms with E-state index in [0.29, 0.717) is 19.4 Å². The molecule has 5 nitrogen and oxygen atoms in total. The van der Waals surface area contributed by atoms with Crippen molar-refractivity contribution < 1.29 is 14.3 Å². The lowest BCUT2D eigenvalue weighted by Crippen LogP contribution is -2.56. The van der Waals surface area contributed by atoms with Crippen molar-refractivity contribution in [2.45, 2.75) is 44.8 Å². The minimum absolute atomic E-state index is 0.0584. The molecule has 1 fully saturated rings. The van der Waals surface area contributed by atoms with Gasteiger partial charge in [-0.25, -0.2) is 4.79 Å². The fourth-order valence-electron chi connectivity index (χ4n) is 4.08. The molecular weight excluding hydrogens is 420 g/mol. The molecule has 2 aliphatic rings. The molecule has 2 aromatic carbocycles. The van der Waals surface area contributed by atoms with Gasteiger partial charge in [0, 0.05) is 23.1 Å². The van der Waals surface area contributed by atoms with Gasteiger partial charge in [-0.1, -0.05) is 34.1 Å². The Labute approximate surface area is 173 Å². The molecule has 28 heavy (non-hydrogen) atoms. The van der Waals surface area contributed by atoms with Gasteiger partial charge in [0.15, 0.2) is 0 Å². The number of rotatable bonds is 1. The number of amides is 2. The van der Waals surface area contributed by atoms with Gasteiger partial charge in [-0.3, -0.25) is 9.69 Å². The molecule has 0 bridgehead atoms. The van der Waals surface area contributed by atoms with Crippen LogP contribution < -0.4 is 9.80 Å². The maximum absolute atomic E-state index is 13.6. The third kappa shape index (κ3) is 3.09. The van der Waals surface area contributed by atoms with Crippen LogP contribution in [-0.4, -0.2) is 29.7 Å². The van der Waals surface area contributed by atoms with Crippen molar-refractivity contribution in [2.24, 2.45) is 0 Å². The van der Waals surface area contributed by atoms with Crippen molar-refractivity contribution in [3.05, 3.63) is 58.6 Å². The van der Waals surface area contributed by atoms with Gasteiger partial charge >= 0.3 is 6.09 Å². The monoisotopic (exact) mass is 442 g/mol. The molecule has 146 valence electrons. The Morgan fingerprint density at radius 1 is 1.11 bits per heavy atom. The van der Waals surface area contributed by atoms with E-state index in [9.17, 15) is 9.59 Å². The zero-order chi connectivity index (χ0) is 20.1. The predicted molar refractivity (Wildman–Crippen MR) is 113 cm³/mol. The zero-order valence-electron chi connectivity index (χ0n) is 16.2. The second-order valence-electron chi connectivity index (χ2n) is 8.34. The molecule has 0 aliphatic carbocycles. The number of benzene rings is 2. The standard InChI is InChI=1S/C22H23BrN2O3/c1-21(2,3)28-20(27)25-18-7-5-4-6-15(18)14-22(25)12-13-24(19(22)26)17-10-8-16(23)9-11-17/h4-11H,12-14H2,1-3H3/t22-/m0/s1. The van der Waals surface area contributed by atoms with Crippen molar-refractivity contribution in [1.29, 1.82) is 0 Å². The van der Waals surface area contributed by atoms with E-state index in [4.69, 9.17) is 4.74 Å². The van der Waals surface area contributed by atoms with Gasteiger partial charge in [0.25, 0.3) is 5.91 Å². The van der Waals surface area contributed by atoms with Crippen LogP contribution in [0.5, 0.6) is 0 Å². The Hall–Kier alpha value is -2.34. The highest BCUT2D eigenvalue weighted by Crippen LogP contribution is 2.46. The molecule has 0 unspecified atom stereocenters. The largest absolute Gasteiger partial charge is 0.443 e. The summed E-state index contributed by atoms with van der Waals surface area (Å²) in [5, 5.41) is 0. The smallest absolute Gasteiger partial charge is 0.415 e. The highest BCUT2D eigenvalue weighted by molar-refractivity contribution is 9.10. The molecule has 0 N–H and O–H groups in total. The number of hydrogen-bond donors (Lipinski definition) is 0. The molecule has 1 atom stereocenters. The summed E-state index contributed by atoms with van der Waals surface area (Å²) in [4.78, 5) is 30.1. The number of fused-ring (bicyclic) bond motifs is 1. The summed E-state index contributed by atoms with van der Waals surface area (Å²) < 4.78 is 6.64. The Bertz CT molecular complexity index is 936. The van der Waals surface area contributed by atoms with Crippen LogP contribution in [0.25, 0.3) is 0 Å². The van der Waals surface area contributed by atoms with Crippen LogP contribution >= 0.6 is 15.9 Å². The normalized spacial score (nSPS) is 21.4. The maximum atomic E-state index is 13.6. The fourth-order valence-corrected chi connectivity index (χ4v) is 4.34. The highest BCUT2D eigenvalue weighted by Gasteiger charge is 2.58. The number of carbonyl (C=O) groups excluding carboxylic acids is 2. The first-order chi connectivity index (χ1) is 13.2. The summed E-state index contributed by atoms with van der Waals surface area (Å²) in [5.41, 5.74) is 1.04. The molecule has 0 saturated carbocycles. The minimum Gasteiger partial charge on any atom is -0.443 e. The minimum atomic E-state index is -0.931. The summed E-state index contributed by atoms with van der Waals surface area (Å²) in [7, 11) is 0. The van der Waals surface area contributed by atoms with Crippen molar-refractivity contribution >= 4 is 39.3 Å². The van der Waals surface area contributed by atoms with Crippen LogP contribution in [0.1, 0.15) is 32.8 Å². The molecule has 2 heterocycles. The van der Waals surface area contributed by atoms with Crippen LogP contribution in [0.15, 0.2) is 53.0 Å². The van der Waals surface area contributed by atoms with Crippen LogP contribution in [0.4, 0.5) is 16.2 Å². The van der Waals surface area contributed by atoms with E-state index in [1.807, 2.05) is 69.3 Å². The number of nitrogens with zero attached hydrogens (tertiary/aromatic N) is 2. The summed E-state index contributed by atoms with van der Waals surface area (Å²) >= 11 is 3.43. The fraction of sp³-hybridized carbons (Fsp3) is 0.364. The third-order valence-corrected chi connectivity index (χ3v) is 5.78. The van der Waals surface area contributed by atoms with Crippen molar-refractivity contribution in [2.75, 3.05) is 16.3 Å². The highest BCUT2D eigenvalue weighted by atomic mass is 79.9. The second-order valence-corrected chi connectivity index (χ2v) is 9.25. The Kier molecular flexibility index (Phi) is 4.49. The first kappa shape index (κ1) is 19.0. The third-order valence-electron chi connectivity index (χ3n) is 5.25. The first-order valence-electron chi connectivity index (χ1n) is 9.40. The van der Waals surface area contributed by atoms with Gasteiger partial charge < -0.3 is 9.64 Å². The molecule has 2 amide bonds. The van der Waals surface area contributed by atoms with E-state index in [-0.39, 0.29) is 5.91 Å². The van der Waals surface area contributed by atoms with Crippen LogP contribution in [0.2, 0.25) is 0 Å². The SMILES string of the molecule is CC(C)(C)OC(=O)N1c2ccccc2C[C@]12CCN(c1ccc(Br)cc1)C2=O. The number of carbonyl (C=O) groups is 2. The molecule has 0 aromatic heterocycles. The van der Waals surface area contributed by atoms with E-state index >= 15 is 0 Å². The molecule has 4 rings (SSSR count). The number of halogens is 1. The van der Waals surface area contributed by atoms with Gasteiger partial charge in [0.1, 0.15) is 11.1 Å². The number of ether oxygens (including phenoxy) is 1. The van der Waals surface area contributed by atoms with Crippen LogP contribution in [0.3, 0.4) is 0 Å². The van der Waals surface area contributed by atoms with E-state index in [0.717, 1.165) is 21.4 Å². The number of hydrogen-bond acceptors (Lipinski definition) is 3. The van der Waals surface area contributed by atoms with Crippen LogP contribution in [-0.2, 0) is 16.0 Å². The Morgan fingerprint density at radius 3 is 2.46 bits per heavy atom. The lowest BCUT2D eigenvalue weighted by atomic mass is 9.92. The van der Waals surface area contributed by atoms with Crippen LogP contribution in [0, 0.1) is 0 Å². The Balaban J connectivity index is 1.73. The quantitative estimate of drug-likeness (QED) is 0.629. The van der Waals surface area contributed by atoms with E-state index < -0.39 is 17.2 Å². The molecule has 2 aliphatic heterocycles. The van der Waals surface area contributed by atoms with Crippen molar-refractivity contribution in [3.63, 3.8) is 0 Å². The van der Waals surface area contributed by atoms with Crippen molar-refractivity contribution in [3.8, 4) is 0 Å². The average molecular weight is 443 g/mol. The van der Waals surface area contributed by atoms with E-state index in [1.165, 1.54) is 0 Å². The van der Waals surface area contributed by atoms with Gasteiger partial charge in [0.2, 0.25) is 0 Å². The summed E-state index contributed by atoms with van der Waals surface area (Å²) in [6, 6.07) is 15.4. The van der Waals surface area contributed by atoms with Gasteiger partial charge in [0.05, 0.1) is 5.69 Å². The van der Waals surface area contributed by atoms with Crippen molar-refractivity contribution in [1.82, 2.24) is 0 Å². The first-order valence-corrected chi connectivity index (χ1v) is 10.2. The van der Waals surface area contributed by atoms with E-state index in [2.05, 4.69) is 15.9 Å². The zero-order valence-corrected chi connectivity index (χ0v) is 17.8. The molecule has 6 heteroatoms. The molecular formula is C22H23BrN2O3. The topological polar surface area (TPSA) is 49.9 Å². The summed E-state index contributed by atoms with van der Waals surface area (Å²) in [5.74, 6) is -0.0584. The lowest BCUT2D eigenvalue weighted by Gasteiger charge is -2.35. The molecule has 0 radical (unpaired) electrons. The Morgan fingerprint density at radius 2 is 1.79 bits per heavy atom. The van der Waals surface area contributed by atoms with Gasteiger partial charge in [-0.15, -0.1) is 0 Å². The summed E-state index contributed by atoms with van der Waals surface area (Å²) in [6.07, 6.45) is 0.604. The number of para-hydroxylation sites is 1. The second kappa shape index (κ2) is 6.62. The van der Waals surface area contributed by atoms with Gasteiger partial charge in [-0.05, 0) is 63.1 Å². The van der Waals surface area contributed by atoms with Gasteiger partial charge in [-0.2, -0.15) is 0 Å². The molecule has 1 spiro atoms. The van der Waals surface area contributed by atoms with E-state index in [1.54, 1.807) is 9.80 Å². The molecule has 1 saturated heterocycles. The molecule has 2 aromatic rings. The maximum Gasteiger partial charge on any atom is 0.415 e.